The maximum atomic E-state index is 12.4. The molecule has 3 aromatic carbocycles. The van der Waals surface area contributed by atoms with Crippen molar-refractivity contribution < 1.29 is 28.5 Å². The van der Waals surface area contributed by atoms with E-state index in [1.807, 2.05) is 25.1 Å². The molecule has 0 bridgehead atoms. The number of esters is 1. The van der Waals surface area contributed by atoms with Crippen LogP contribution in [0.5, 0.6) is 23.0 Å². The minimum Gasteiger partial charge on any atom is -0.497 e. The lowest BCUT2D eigenvalue weighted by Crippen LogP contribution is -2.24. The minimum absolute atomic E-state index is 0.161. The predicted molar refractivity (Wildman–Crippen MR) is 123 cm³/mol. The number of aryl methyl sites for hydroxylation is 1. The molecule has 0 saturated heterocycles. The first-order chi connectivity index (χ1) is 16.0. The number of nitrogens with one attached hydrogen (secondary N) is 1. The fourth-order valence-corrected chi connectivity index (χ4v) is 2.81. The van der Waals surface area contributed by atoms with Crippen molar-refractivity contribution in [1.29, 1.82) is 0 Å². The quantitative estimate of drug-likeness (QED) is 0.232. The van der Waals surface area contributed by atoms with Crippen LogP contribution in [0.1, 0.15) is 21.5 Å². The molecule has 0 atom stereocenters. The standard InChI is InChI=1S/C25H24N2O6/c1-17-6-4-5-7-21(17)32-16-24(28)27-26-15-18-8-13-22(23(14-18)31-3)33-25(29)19-9-11-20(30-2)12-10-19/h4-15H,16H2,1-3H3,(H,27,28)/b26-15-. The molecule has 0 radical (unpaired) electrons. The van der Waals surface area contributed by atoms with Gasteiger partial charge in [-0.3, -0.25) is 4.79 Å². The Balaban J connectivity index is 1.57. The molecule has 0 saturated carbocycles. The molecular formula is C25H24N2O6. The van der Waals surface area contributed by atoms with Gasteiger partial charge in [0.1, 0.15) is 11.5 Å². The van der Waals surface area contributed by atoms with E-state index >= 15 is 0 Å². The molecule has 0 fully saturated rings. The van der Waals surface area contributed by atoms with Crippen LogP contribution >= 0.6 is 0 Å². The molecule has 3 aromatic rings. The predicted octanol–water partition coefficient (Wildman–Crippen LogP) is 3.76. The highest BCUT2D eigenvalue weighted by molar-refractivity contribution is 5.92. The lowest BCUT2D eigenvalue weighted by Gasteiger charge is -2.10. The minimum atomic E-state index is -0.529. The normalized spacial score (nSPS) is 10.5. The summed E-state index contributed by atoms with van der Waals surface area (Å²) in [6.07, 6.45) is 1.45. The fraction of sp³-hybridized carbons (Fsp3) is 0.160. The second-order valence-corrected chi connectivity index (χ2v) is 6.88. The summed E-state index contributed by atoms with van der Waals surface area (Å²) in [5.41, 5.74) is 4.35. The second-order valence-electron chi connectivity index (χ2n) is 6.88. The Morgan fingerprint density at radius 2 is 1.67 bits per heavy atom. The first-order valence-corrected chi connectivity index (χ1v) is 10.0. The van der Waals surface area contributed by atoms with Gasteiger partial charge in [-0.25, -0.2) is 10.2 Å². The van der Waals surface area contributed by atoms with Crippen LogP contribution in [-0.2, 0) is 4.79 Å². The first-order valence-electron chi connectivity index (χ1n) is 10.0. The number of para-hydroxylation sites is 1. The highest BCUT2D eigenvalue weighted by Gasteiger charge is 2.13. The number of amides is 1. The van der Waals surface area contributed by atoms with Gasteiger partial charge < -0.3 is 18.9 Å². The van der Waals surface area contributed by atoms with E-state index in [4.69, 9.17) is 18.9 Å². The number of benzene rings is 3. The van der Waals surface area contributed by atoms with Crippen molar-refractivity contribution in [3.8, 4) is 23.0 Å². The second kappa shape index (κ2) is 11.3. The van der Waals surface area contributed by atoms with Crippen LogP contribution in [0.15, 0.2) is 71.8 Å². The maximum absolute atomic E-state index is 12.4. The van der Waals surface area contributed by atoms with Crippen molar-refractivity contribution in [3.05, 3.63) is 83.4 Å². The lowest BCUT2D eigenvalue weighted by molar-refractivity contribution is -0.123. The molecule has 8 heteroatoms. The zero-order chi connectivity index (χ0) is 23.6. The van der Waals surface area contributed by atoms with Gasteiger partial charge in [0.15, 0.2) is 18.1 Å². The number of nitrogens with zero attached hydrogens (tertiary/aromatic N) is 1. The smallest absolute Gasteiger partial charge is 0.343 e. The van der Waals surface area contributed by atoms with E-state index in [0.717, 1.165) is 5.56 Å². The van der Waals surface area contributed by atoms with Gasteiger partial charge in [0.05, 0.1) is 26.0 Å². The summed E-state index contributed by atoms with van der Waals surface area (Å²) in [4.78, 5) is 24.3. The first kappa shape index (κ1) is 23.3. The third-order valence-corrected chi connectivity index (χ3v) is 4.57. The highest BCUT2D eigenvalue weighted by atomic mass is 16.6. The molecule has 1 amide bonds. The van der Waals surface area contributed by atoms with Crippen LogP contribution in [0.3, 0.4) is 0 Å². The van der Waals surface area contributed by atoms with Crippen molar-refractivity contribution in [2.75, 3.05) is 20.8 Å². The zero-order valence-electron chi connectivity index (χ0n) is 18.5. The number of hydrogen-bond donors (Lipinski definition) is 1. The van der Waals surface area contributed by atoms with Crippen LogP contribution in [0, 0.1) is 6.92 Å². The summed E-state index contributed by atoms with van der Waals surface area (Å²) < 4.78 is 21.3. The van der Waals surface area contributed by atoms with Gasteiger partial charge in [0.2, 0.25) is 0 Å². The van der Waals surface area contributed by atoms with Crippen LogP contribution in [-0.4, -0.2) is 38.9 Å². The molecule has 33 heavy (non-hydrogen) atoms. The molecule has 0 heterocycles. The Kier molecular flexibility index (Phi) is 8.02. The number of hydrazone groups is 1. The van der Waals surface area contributed by atoms with E-state index in [0.29, 0.717) is 28.4 Å². The summed E-state index contributed by atoms with van der Waals surface area (Å²) >= 11 is 0. The monoisotopic (exact) mass is 448 g/mol. The lowest BCUT2D eigenvalue weighted by atomic mass is 10.2. The SMILES string of the molecule is COc1ccc(C(=O)Oc2ccc(/C=N\NC(=O)COc3ccccc3C)cc2OC)cc1. The van der Waals surface area contributed by atoms with Crippen LogP contribution in [0.4, 0.5) is 0 Å². The summed E-state index contributed by atoms with van der Waals surface area (Å²) in [7, 11) is 3.01. The molecule has 8 nitrogen and oxygen atoms in total. The van der Waals surface area contributed by atoms with Gasteiger partial charge >= 0.3 is 5.97 Å². The summed E-state index contributed by atoms with van der Waals surface area (Å²) in [6, 6.07) is 18.9. The highest BCUT2D eigenvalue weighted by Crippen LogP contribution is 2.28. The Morgan fingerprint density at radius 1 is 0.909 bits per heavy atom. The van der Waals surface area contributed by atoms with Gasteiger partial charge in [-0.15, -0.1) is 0 Å². The summed E-state index contributed by atoms with van der Waals surface area (Å²) in [5, 5.41) is 3.93. The Labute approximate surface area is 191 Å². The Hall–Kier alpha value is -4.33. The molecule has 0 aliphatic rings. The van der Waals surface area contributed by atoms with Gasteiger partial charge in [-0.1, -0.05) is 18.2 Å². The van der Waals surface area contributed by atoms with Crippen molar-refractivity contribution in [3.63, 3.8) is 0 Å². The van der Waals surface area contributed by atoms with E-state index in [2.05, 4.69) is 10.5 Å². The average Bonchev–Trinajstić information content (AvgIpc) is 2.84. The van der Waals surface area contributed by atoms with Crippen LogP contribution < -0.4 is 24.4 Å². The molecule has 0 spiro atoms. The number of carbonyl (C=O) groups excluding carboxylic acids is 2. The number of methoxy groups -OCH3 is 2. The largest absolute Gasteiger partial charge is 0.497 e. The van der Waals surface area contributed by atoms with E-state index in [9.17, 15) is 9.59 Å². The van der Waals surface area contributed by atoms with Gasteiger partial charge in [0.25, 0.3) is 5.91 Å². The molecule has 3 rings (SSSR count). The zero-order valence-corrected chi connectivity index (χ0v) is 18.5. The molecule has 1 N–H and O–H groups in total. The fourth-order valence-electron chi connectivity index (χ4n) is 2.81. The van der Waals surface area contributed by atoms with Crippen molar-refractivity contribution >= 4 is 18.1 Å². The van der Waals surface area contributed by atoms with Gasteiger partial charge in [-0.05, 0) is 66.6 Å². The average molecular weight is 448 g/mol. The Bertz CT molecular complexity index is 1140. The Morgan fingerprint density at radius 3 is 2.36 bits per heavy atom. The molecule has 0 unspecified atom stereocenters. The summed E-state index contributed by atoms with van der Waals surface area (Å²) in [6.45, 7) is 1.74. The topological polar surface area (TPSA) is 95.5 Å². The molecule has 0 aliphatic heterocycles. The summed E-state index contributed by atoms with van der Waals surface area (Å²) in [5.74, 6) is 0.953. The van der Waals surface area contributed by atoms with E-state index in [1.165, 1.54) is 13.3 Å². The van der Waals surface area contributed by atoms with E-state index in [-0.39, 0.29) is 12.4 Å². The number of ether oxygens (including phenoxy) is 4. The molecule has 170 valence electrons. The number of rotatable bonds is 9. The number of carbonyl (C=O) groups is 2. The molecule has 0 aromatic heterocycles. The maximum Gasteiger partial charge on any atom is 0.343 e. The van der Waals surface area contributed by atoms with E-state index in [1.54, 1.807) is 55.6 Å². The van der Waals surface area contributed by atoms with Crippen LogP contribution in [0.2, 0.25) is 0 Å². The third-order valence-electron chi connectivity index (χ3n) is 4.57. The van der Waals surface area contributed by atoms with Crippen LogP contribution in [0.25, 0.3) is 0 Å². The molecular weight excluding hydrogens is 424 g/mol. The number of hydrogen-bond acceptors (Lipinski definition) is 7. The van der Waals surface area contributed by atoms with Crippen molar-refractivity contribution in [1.82, 2.24) is 5.43 Å². The van der Waals surface area contributed by atoms with Crippen molar-refractivity contribution in [2.24, 2.45) is 5.10 Å². The van der Waals surface area contributed by atoms with E-state index < -0.39 is 11.9 Å². The van der Waals surface area contributed by atoms with Gasteiger partial charge in [0, 0.05) is 0 Å². The molecule has 0 aliphatic carbocycles. The van der Waals surface area contributed by atoms with Crippen molar-refractivity contribution in [2.45, 2.75) is 6.92 Å². The third kappa shape index (κ3) is 6.57. The van der Waals surface area contributed by atoms with Gasteiger partial charge in [-0.2, -0.15) is 5.10 Å².